The first-order valence-corrected chi connectivity index (χ1v) is 9.08. The number of nitrogens with two attached hydrogens (primary N) is 1. The van der Waals surface area contributed by atoms with Crippen LogP contribution in [-0.2, 0) is 11.0 Å². The van der Waals surface area contributed by atoms with Gasteiger partial charge in [0.25, 0.3) is 0 Å². The number of benzene rings is 1. The van der Waals surface area contributed by atoms with Gasteiger partial charge in [-0.05, 0) is 17.7 Å². The second-order valence-electron chi connectivity index (χ2n) is 3.27. The highest BCUT2D eigenvalue weighted by Gasteiger charge is 2.13. The summed E-state index contributed by atoms with van der Waals surface area (Å²) < 4.78 is 26.4. The van der Waals surface area contributed by atoms with Crippen molar-refractivity contribution in [3.8, 4) is 11.1 Å². The minimum atomic E-state index is -1.59. The third-order valence-electron chi connectivity index (χ3n) is 2.20. The largest absolute Gasteiger partial charge is 0.288 e. The average molecular weight is 382 g/mol. The minimum absolute atomic E-state index is 0.328. The molecule has 1 unspecified atom stereocenters. The molecule has 7 heteroatoms. The van der Waals surface area contributed by atoms with Crippen LogP contribution in [0.5, 0.6) is 0 Å². The van der Waals surface area contributed by atoms with Crippen LogP contribution in [0.25, 0.3) is 11.1 Å². The molecule has 0 aliphatic heterocycles. The maximum atomic E-state index is 13.2. The molecule has 0 saturated carbocycles. The molecule has 0 aliphatic rings. The second-order valence-corrected chi connectivity index (χ2v) is 6.05. The Kier molecular flexibility index (Phi) is 4.23. The molecular formula is C10H8FIN2OS2. The number of hydrogen-bond donors (Lipinski definition) is 1. The van der Waals surface area contributed by atoms with Crippen LogP contribution in [-0.4, -0.2) is 8.18 Å². The molecule has 0 radical (unpaired) electrons. The first-order valence-electron chi connectivity index (χ1n) is 4.55. The van der Waals surface area contributed by atoms with E-state index in [1.54, 1.807) is 28.5 Å². The molecule has 3 nitrogen and oxygen atoms in total. The number of aromatic nitrogens is 1. The van der Waals surface area contributed by atoms with Crippen LogP contribution < -0.4 is 5.14 Å². The summed E-state index contributed by atoms with van der Waals surface area (Å²) in [6.45, 7) is 0. The van der Waals surface area contributed by atoms with Crippen LogP contribution in [0.1, 0.15) is 0 Å². The van der Waals surface area contributed by atoms with Gasteiger partial charge in [-0.25, -0.2) is 13.7 Å². The Morgan fingerprint density at radius 3 is 2.76 bits per heavy atom. The summed E-state index contributed by atoms with van der Waals surface area (Å²) in [5.74, 6) is -0.328. The van der Waals surface area contributed by atoms with Crippen LogP contribution in [0.3, 0.4) is 0 Å². The van der Waals surface area contributed by atoms with E-state index in [0.29, 0.717) is 16.0 Å². The topological polar surface area (TPSA) is 48.0 Å². The van der Waals surface area contributed by atoms with Gasteiger partial charge in [-0.2, -0.15) is 0 Å². The average Bonchev–Trinajstić information content (AvgIpc) is 2.73. The van der Waals surface area contributed by atoms with E-state index in [-0.39, 0.29) is 5.82 Å². The molecule has 0 amide bonds. The molecule has 0 bridgehead atoms. The fraction of sp³-hybridized carbons (Fsp3) is 0. The molecule has 1 aromatic carbocycles. The van der Waals surface area contributed by atoms with Crippen LogP contribution in [0.2, 0.25) is 0 Å². The zero-order valence-electron chi connectivity index (χ0n) is 8.47. The van der Waals surface area contributed by atoms with Crippen LogP contribution in [0.4, 0.5) is 4.39 Å². The summed E-state index contributed by atoms with van der Waals surface area (Å²) in [4.78, 5) is 0.500. The summed E-state index contributed by atoms with van der Waals surface area (Å²) in [5, 5.41) is 5.41. The number of rotatable bonds is 3. The van der Waals surface area contributed by atoms with Crippen LogP contribution in [0.15, 0.2) is 41.6 Å². The zero-order chi connectivity index (χ0) is 12.4. The maximum Gasteiger partial charge on any atom is 0.124 e. The summed E-state index contributed by atoms with van der Waals surface area (Å²) >= 11 is 2.10. The molecule has 0 spiro atoms. The molecule has 2 aromatic rings. The molecule has 90 valence electrons. The van der Waals surface area contributed by atoms with Crippen molar-refractivity contribution in [2.24, 2.45) is 5.14 Å². The highest BCUT2D eigenvalue weighted by atomic mass is 127. The van der Waals surface area contributed by atoms with E-state index in [9.17, 15) is 8.60 Å². The normalized spacial score (nSPS) is 12.6. The molecule has 1 atom stereocenters. The number of nitrogens with zero attached hydrogens (tertiary/aromatic N) is 1. The molecular weight excluding hydrogens is 374 g/mol. The zero-order valence-corrected chi connectivity index (χ0v) is 12.3. The van der Waals surface area contributed by atoms with Gasteiger partial charge in [-0.3, -0.25) is 3.97 Å². The maximum absolute atomic E-state index is 13.2. The van der Waals surface area contributed by atoms with E-state index in [4.69, 9.17) is 5.14 Å². The fourth-order valence-electron chi connectivity index (χ4n) is 1.49. The van der Waals surface area contributed by atoms with Gasteiger partial charge in [-0.1, -0.05) is 12.1 Å². The molecule has 1 aromatic heterocycles. The van der Waals surface area contributed by atoms with Crippen molar-refractivity contribution in [3.05, 3.63) is 42.5 Å². The second kappa shape index (κ2) is 5.51. The summed E-state index contributed by atoms with van der Waals surface area (Å²) in [6.07, 6.45) is 3.47. The fourth-order valence-corrected chi connectivity index (χ4v) is 3.13. The SMILES string of the molecule is NS(=O)c1cn(SI)cc1-c1cccc(F)c1. The molecule has 2 rings (SSSR count). The highest BCUT2D eigenvalue weighted by Crippen LogP contribution is 2.30. The van der Waals surface area contributed by atoms with Crippen molar-refractivity contribution >= 4 is 41.3 Å². The molecule has 1 heterocycles. The van der Waals surface area contributed by atoms with Crippen molar-refractivity contribution in [2.75, 3.05) is 0 Å². The minimum Gasteiger partial charge on any atom is -0.288 e. The predicted octanol–water partition coefficient (Wildman–Crippen LogP) is 3.12. The van der Waals surface area contributed by atoms with E-state index in [1.807, 2.05) is 0 Å². The standard InChI is InChI=1S/C10H8FIN2OS2/c11-8-3-1-2-7(4-8)9-5-14(16-12)6-10(9)17(13)15/h1-6H,13H2. The van der Waals surface area contributed by atoms with E-state index < -0.39 is 11.0 Å². The van der Waals surface area contributed by atoms with Crippen molar-refractivity contribution in [2.45, 2.75) is 4.90 Å². The molecule has 2 N–H and O–H groups in total. The summed E-state index contributed by atoms with van der Waals surface area (Å²) in [6, 6.07) is 6.14. The van der Waals surface area contributed by atoms with E-state index in [2.05, 4.69) is 21.2 Å². The lowest BCUT2D eigenvalue weighted by molar-refractivity contribution is 0.628. The molecule has 0 saturated heterocycles. The Labute approximate surface area is 117 Å². The lowest BCUT2D eigenvalue weighted by atomic mass is 10.1. The Morgan fingerprint density at radius 1 is 1.41 bits per heavy atom. The van der Waals surface area contributed by atoms with Gasteiger partial charge < -0.3 is 0 Å². The van der Waals surface area contributed by atoms with Crippen molar-refractivity contribution in [1.29, 1.82) is 0 Å². The smallest absolute Gasteiger partial charge is 0.124 e. The third-order valence-corrected chi connectivity index (χ3v) is 4.69. The van der Waals surface area contributed by atoms with Gasteiger partial charge >= 0.3 is 0 Å². The Balaban J connectivity index is 2.57. The molecule has 0 aliphatic carbocycles. The predicted molar refractivity (Wildman–Crippen MR) is 77.4 cm³/mol. The highest BCUT2D eigenvalue weighted by molar-refractivity contribution is 14.2. The third kappa shape index (κ3) is 2.90. The van der Waals surface area contributed by atoms with E-state index >= 15 is 0 Å². The Bertz CT molecular complexity index is 573. The van der Waals surface area contributed by atoms with E-state index in [0.717, 1.165) is 0 Å². The molecule has 0 fully saturated rings. The van der Waals surface area contributed by atoms with Gasteiger partial charge in [0.1, 0.15) is 16.8 Å². The van der Waals surface area contributed by atoms with Crippen LogP contribution in [0, 0.1) is 5.82 Å². The summed E-state index contributed by atoms with van der Waals surface area (Å²) in [7, 11) is -0.165. The summed E-state index contributed by atoms with van der Waals surface area (Å²) in [5.41, 5.74) is 1.36. The molecule has 17 heavy (non-hydrogen) atoms. The Hall–Kier alpha value is -0.380. The van der Waals surface area contributed by atoms with Crippen LogP contribution >= 0.6 is 30.3 Å². The van der Waals surface area contributed by atoms with Crippen molar-refractivity contribution < 1.29 is 8.60 Å². The number of halogens is 2. The van der Waals surface area contributed by atoms with Gasteiger partial charge in [-0.15, -0.1) is 0 Å². The van der Waals surface area contributed by atoms with Gasteiger partial charge in [0.15, 0.2) is 0 Å². The van der Waals surface area contributed by atoms with Crippen molar-refractivity contribution in [1.82, 2.24) is 3.97 Å². The van der Waals surface area contributed by atoms with Crippen molar-refractivity contribution in [3.63, 3.8) is 0 Å². The van der Waals surface area contributed by atoms with Gasteiger partial charge in [0.05, 0.1) is 4.90 Å². The lowest BCUT2D eigenvalue weighted by Gasteiger charge is -2.00. The van der Waals surface area contributed by atoms with Gasteiger partial charge in [0.2, 0.25) is 0 Å². The lowest BCUT2D eigenvalue weighted by Crippen LogP contribution is -2.02. The first-order chi connectivity index (χ1) is 8.11. The van der Waals surface area contributed by atoms with E-state index in [1.165, 1.54) is 21.3 Å². The Morgan fingerprint density at radius 2 is 2.18 bits per heavy atom. The number of hydrogen-bond acceptors (Lipinski definition) is 2. The quantitative estimate of drug-likeness (QED) is 0.830. The monoisotopic (exact) mass is 382 g/mol. The van der Waals surface area contributed by atoms with Gasteiger partial charge in [0, 0.05) is 48.3 Å². The first kappa shape index (κ1) is 13.1.